The van der Waals surface area contributed by atoms with Crippen molar-refractivity contribution >= 4 is 9.84 Å². The molecule has 96 valence electrons. The van der Waals surface area contributed by atoms with Crippen LogP contribution in [0.2, 0.25) is 0 Å². The summed E-state index contributed by atoms with van der Waals surface area (Å²) in [4.78, 5) is 4.30. The van der Waals surface area contributed by atoms with Gasteiger partial charge in [0.2, 0.25) is 5.89 Å². The summed E-state index contributed by atoms with van der Waals surface area (Å²) < 4.78 is 27.9. The minimum Gasteiger partial charge on any atom is -0.337 e. The monoisotopic (exact) mass is 259 g/mol. The smallest absolute Gasteiger partial charge is 0.246 e. The fourth-order valence-corrected chi connectivity index (χ4v) is 3.50. The highest BCUT2D eigenvalue weighted by Gasteiger charge is 2.34. The zero-order chi connectivity index (χ0) is 12.7. The van der Waals surface area contributed by atoms with Crippen molar-refractivity contribution in [1.29, 1.82) is 0 Å². The van der Waals surface area contributed by atoms with Crippen LogP contribution in [-0.2, 0) is 15.4 Å². The van der Waals surface area contributed by atoms with Gasteiger partial charge in [0.15, 0.2) is 15.7 Å². The molecule has 0 amide bonds. The maximum Gasteiger partial charge on any atom is 0.246 e. The van der Waals surface area contributed by atoms with Gasteiger partial charge in [-0.2, -0.15) is 4.98 Å². The predicted octanol–water partition coefficient (Wildman–Crippen LogP) is 0.426. The van der Waals surface area contributed by atoms with Gasteiger partial charge in [0, 0.05) is 5.92 Å². The predicted molar refractivity (Wildman–Crippen MR) is 62.4 cm³/mol. The molecule has 0 radical (unpaired) electrons. The van der Waals surface area contributed by atoms with Gasteiger partial charge in [0.1, 0.15) is 0 Å². The minimum absolute atomic E-state index is 0.120. The lowest BCUT2D eigenvalue weighted by molar-refractivity contribution is 0.279. The SMILES string of the molecule is CNC(C)(C)c1nc(C2CCS(=O)(=O)C2)no1. The molecule has 2 rings (SSSR count). The maximum absolute atomic E-state index is 11.4. The van der Waals surface area contributed by atoms with Crippen LogP contribution in [0, 0.1) is 0 Å². The first-order chi connectivity index (χ1) is 7.84. The van der Waals surface area contributed by atoms with E-state index in [2.05, 4.69) is 15.5 Å². The van der Waals surface area contributed by atoms with E-state index in [-0.39, 0.29) is 17.4 Å². The van der Waals surface area contributed by atoms with Crippen LogP contribution in [0.15, 0.2) is 4.52 Å². The number of hydrogen-bond donors (Lipinski definition) is 1. The van der Waals surface area contributed by atoms with Crippen LogP contribution in [0.1, 0.15) is 37.9 Å². The molecule has 0 aliphatic carbocycles. The van der Waals surface area contributed by atoms with E-state index in [1.54, 1.807) is 0 Å². The van der Waals surface area contributed by atoms with Crippen LogP contribution < -0.4 is 5.32 Å². The second-order valence-electron chi connectivity index (χ2n) is 4.93. The standard InChI is InChI=1S/C10H17N3O3S/c1-10(2,11-3)9-12-8(13-16-9)7-4-5-17(14,15)6-7/h7,11H,4-6H2,1-3H3. The molecule has 0 bridgehead atoms. The molecule has 1 fully saturated rings. The molecule has 1 unspecified atom stereocenters. The van der Waals surface area contributed by atoms with Crippen molar-refractivity contribution in [2.45, 2.75) is 31.7 Å². The summed E-state index contributed by atoms with van der Waals surface area (Å²) >= 11 is 0. The quantitative estimate of drug-likeness (QED) is 0.847. The third kappa shape index (κ3) is 2.50. The van der Waals surface area contributed by atoms with Crippen molar-refractivity contribution in [3.8, 4) is 0 Å². The number of aromatic nitrogens is 2. The average Bonchev–Trinajstić information content (AvgIpc) is 2.84. The first-order valence-electron chi connectivity index (χ1n) is 5.57. The molecule has 0 saturated carbocycles. The van der Waals surface area contributed by atoms with Gasteiger partial charge in [-0.1, -0.05) is 5.16 Å². The summed E-state index contributed by atoms with van der Waals surface area (Å²) in [5, 5.41) is 6.95. The Balaban J connectivity index is 2.20. The topological polar surface area (TPSA) is 85.1 Å². The van der Waals surface area contributed by atoms with Crippen molar-refractivity contribution < 1.29 is 12.9 Å². The molecule has 6 nitrogen and oxygen atoms in total. The van der Waals surface area contributed by atoms with Crippen LogP contribution in [-0.4, -0.2) is 37.1 Å². The highest BCUT2D eigenvalue weighted by atomic mass is 32.2. The van der Waals surface area contributed by atoms with E-state index in [1.807, 2.05) is 20.9 Å². The zero-order valence-electron chi connectivity index (χ0n) is 10.2. The van der Waals surface area contributed by atoms with E-state index in [4.69, 9.17) is 4.52 Å². The van der Waals surface area contributed by atoms with E-state index in [0.717, 1.165) is 0 Å². The van der Waals surface area contributed by atoms with Crippen LogP contribution in [0.25, 0.3) is 0 Å². The van der Waals surface area contributed by atoms with Crippen LogP contribution in [0.4, 0.5) is 0 Å². The summed E-state index contributed by atoms with van der Waals surface area (Å²) in [6.07, 6.45) is 0.585. The first-order valence-corrected chi connectivity index (χ1v) is 7.39. The summed E-state index contributed by atoms with van der Waals surface area (Å²) in [5.74, 6) is 1.22. The van der Waals surface area contributed by atoms with E-state index in [0.29, 0.717) is 18.1 Å². The van der Waals surface area contributed by atoms with E-state index >= 15 is 0 Å². The Labute approximate surface area is 101 Å². The van der Waals surface area contributed by atoms with Gasteiger partial charge >= 0.3 is 0 Å². The van der Waals surface area contributed by atoms with Gasteiger partial charge in [-0.25, -0.2) is 8.42 Å². The lowest BCUT2D eigenvalue weighted by Gasteiger charge is -2.17. The van der Waals surface area contributed by atoms with Gasteiger partial charge < -0.3 is 9.84 Å². The molecular weight excluding hydrogens is 242 g/mol. The first kappa shape index (κ1) is 12.5. The summed E-state index contributed by atoms with van der Waals surface area (Å²) in [7, 11) is -1.10. The Bertz CT molecular complexity index is 507. The molecule has 2 heterocycles. The lowest BCUT2D eigenvalue weighted by Crippen LogP contribution is -2.33. The van der Waals surface area contributed by atoms with Crippen molar-refractivity contribution in [1.82, 2.24) is 15.5 Å². The number of sulfone groups is 1. The molecule has 0 aromatic carbocycles. The van der Waals surface area contributed by atoms with E-state index in [9.17, 15) is 8.42 Å². The fourth-order valence-electron chi connectivity index (χ4n) is 1.76. The van der Waals surface area contributed by atoms with Gasteiger partial charge in [0.05, 0.1) is 17.0 Å². The van der Waals surface area contributed by atoms with E-state index < -0.39 is 15.4 Å². The van der Waals surface area contributed by atoms with Crippen molar-refractivity contribution in [2.24, 2.45) is 0 Å². The Hall–Kier alpha value is -0.950. The summed E-state index contributed by atoms with van der Waals surface area (Å²) in [5.41, 5.74) is -0.400. The molecular formula is C10H17N3O3S. The lowest BCUT2D eigenvalue weighted by atomic mass is 10.1. The highest BCUT2D eigenvalue weighted by molar-refractivity contribution is 7.91. The number of rotatable bonds is 3. The molecule has 1 aromatic rings. The Morgan fingerprint density at radius 1 is 1.47 bits per heavy atom. The van der Waals surface area contributed by atoms with Gasteiger partial charge in [0.25, 0.3) is 0 Å². The minimum atomic E-state index is -2.91. The molecule has 1 atom stereocenters. The number of nitrogens with one attached hydrogen (secondary N) is 1. The third-order valence-electron chi connectivity index (χ3n) is 3.20. The van der Waals surface area contributed by atoms with Gasteiger partial charge in [-0.15, -0.1) is 0 Å². The van der Waals surface area contributed by atoms with Crippen LogP contribution in [0.3, 0.4) is 0 Å². The maximum atomic E-state index is 11.4. The number of hydrogen-bond acceptors (Lipinski definition) is 6. The molecule has 1 saturated heterocycles. The largest absolute Gasteiger partial charge is 0.337 e. The highest BCUT2D eigenvalue weighted by Crippen LogP contribution is 2.28. The fraction of sp³-hybridized carbons (Fsp3) is 0.800. The summed E-state index contributed by atoms with van der Waals surface area (Å²) in [6.45, 7) is 3.85. The molecule has 1 aromatic heterocycles. The molecule has 1 aliphatic rings. The molecule has 1 aliphatic heterocycles. The Morgan fingerprint density at radius 3 is 2.71 bits per heavy atom. The molecule has 0 spiro atoms. The second-order valence-corrected chi connectivity index (χ2v) is 7.16. The van der Waals surface area contributed by atoms with E-state index in [1.165, 1.54) is 0 Å². The second kappa shape index (κ2) is 4.06. The number of nitrogens with zero attached hydrogens (tertiary/aromatic N) is 2. The zero-order valence-corrected chi connectivity index (χ0v) is 11.0. The van der Waals surface area contributed by atoms with Crippen molar-refractivity contribution in [2.75, 3.05) is 18.6 Å². The molecule has 1 N–H and O–H groups in total. The normalized spacial score (nSPS) is 24.1. The molecule has 7 heteroatoms. The van der Waals surface area contributed by atoms with Crippen LogP contribution in [0.5, 0.6) is 0 Å². The van der Waals surface area contributed by atoms with Crippen molar-refractivity contribution in [3.63, 3.8) is 0 Å². The average molecular weight is 259 g/mol. The summed E-state index contributed by atoms with van der Waals surface area (Å²) in [6, 6.07) is 0. The van der Waals surface area contributed by atoms with Crippen LogP contribution >= 0.6 is 0 Å². The van der Waals surface area contributed by atoms with Crippen molar-refractivity contribution in [3.05, 3.63) is 11.7 Å². The Morgan fingerprint density at radius 2 is 2.18 bits per heavy atom. The Kier molecular flexibility index (Phi) is 2.99. The van der Waals surface area contributed by atoms with Gasteiger partial charge in [-0.05, 0) is 27.3 Å². The third-order valence-corrected chi connectivity index (χ3v) is 4.97. The van der Waals surface area contributed by atoms with Gasteiger partial charge in [-0.3, -0.25) is 0 Å². The molecule has 17 heavy (non-hydrogen) atoms.